The highest BCUT2D eigenvalue weighted by molar-refractivity contribution is 5.84. The Kier molecular flexibility index (Phi) is 4.96. The number of halogens is 3. The SMILES string of the molecule is Cc1oc(C(=O)O)cc1CN(CCO)CC(F)(F)F. The zero-order chi connectivity index (χ0) is 14.6. The van der Waals surface area contributed by atoms with E-state index >= 15 is 0 Å². The van der Waals surface area contributed by atoms with Crippen LogP contribution in [0.5, 0.6) is 0 Å². The second kappa shape index (κ2) is 6.07. The summed E-state index contributed by atoms with van der Waals surface area (Å²) in [6.07, 6.45) is -4.39. The number of aliphatic hydroxyl groups is 1. The second-order valence-corrected chi connectivity index (χ2v) is 4.05. The molecule has 1 heterocycles. The maximum absolute atomic E-state index is 12.3. The topological polar surface area (TPSA) is 73.9 Å². The first-order chi connectivity index (χ1) is 8.73. The fraction of sp³-hybridized carbons (Fsp3) is 0.545. The van der Waals surface area contributed by atoms with Gasteiger partial charge in [0, 0.05) is 18.7 Å². The van der Waals surface area contributed by atoms with Crippen molar-refractivity contribution in [3.63, 3.8) is 0 Å². The Balaban J connectivity index is 2.81. The van der Waals surface area contributed by atoms with Crippen LogP contribution in [0.3, 0.4) is 0 Å². The number of aryl methyl sites for hydroxylation is 1. The predicted molar refractivity (Wildman–Crippen MR) is 58.8 cm³/mol. The number of aliphatic hydroxyl groups excluding tert-OH is 1. The van der Waals surface area contributed by atoms with Crippen molar-refractivity contribution in [3.8, 4) is 0 Å². The van der Waals surface area contributed by atoms with Crippen LogP contribution in [-0.2, 0) is 6.54 Å². The number of hydrogen-bond acceptors (Lipinski definition) is 4. The quantitative estimate of drug-likeness (QED) is 0.829. The molecule has 0 aliphatic heterocycles. The number of furan rings is 1. The highest BCUT2D eigenvalue weighted by Crippen LogP contribution is 2.21. The van der Waals surface area contributed by atoms with E-state index in [0.717, 1.165) is 4.90 Å². The van der Waals surface area contributed by atoms with Crippen LogP contribution in [-0.4, -0.2) is 47.0 Å². The van der Waals surface area contributed by atoms with Crippen LogP contribution in [0.4, 0.5) is 13.2 Å². The van der Waals surface area contributed by atoms with Crippen molar-refractivity contribution >= 4 is 5.97 Å². The van der Waals surface area contributed by atoms with E-state index in [-0.39, 0.29) is 24.6 Å². The van der Waals surface area contributed by atoms with Gasteiger partial charge >= 0.3 is 12.1 Å². The molecule has 8 heteroatoms. The van der Waals surface area contributed by atoms with E-state index in [2.05, 4.69) is 0 Å². The maximum atomic E-state index is 12.3. The molecule has 0 saturated heterocycles. The van der Waals surface area contributed by atoms with Crippen LogP contribution >= 0.6 is 0 Å². The second-order valence-electron chi connectivity index (χ2n) is 4.05. The minimum atomic E-state index is -4.39. The van der Waals surface area contributed by atoms with Crippen molar-refractivity contribution in [2.75, 3.05) is 19.7 Å². The minimum Gasteiger partial charge on any atom is -0.475 e. The molecular weight excluding hydrogens is 267 g/mol. The molecule has 0 bridgehead atoms. The molecule has 0 aromatic carbocycles. The number of carbonyl (C=O) groups is 1. The summed E-state index contributed by atoms with van der Waals surface area (Å²) in [5, 5.41) is 17.5. The lowest BCUT2D eigenvalue weighted by Gasteiger charge is -2.22. The van der Waals surface area contributed by atoms with E-state index in [1.54, 1.807) is 0 Å². The lowest BCUT2D eigenvalue weighted by molar-refractivity contribution is -0.148. The van der Waals surface area contributed by atoms with E-state index in [9.17, 15) is 18.0 Å². The number of hydrogen-bond donors (Lipinski definition) is 2. The largest absolute Gasteiger partial charge is 0.475 e. The summed E-state index contributed by atoms with van der Waals surface area (Å²) in [5.41, 5.74) is 0.357. The molecule has 1 aromatic rings. The molecule has 0 unspecified atom stereocenters. The summed E-state index contributed by atoms with van der Waals surface area (Å²) in [6.45, 7) is -0.416. The van der Waals surface area contributed by atoms with E-state index in [0.29, 0.717) is 5.56 Å². The van der Waals surface area contributed by atoms with E-state index < -0.39 is 25.3 Å². The number of aromatic carboxylic acids is 1. The average molecular weight is 281 g/mol. The number of carboxylic acid groups (broad SMARTS) is 1. The molecule has 0 radical (unpaired) electrons. The van der Waals surface area contributed by atoms with Crippen molar-refractivity contribution in [1.29, 1.82) is 0 Å². The highest BCUT2D eigenvalue weighted by atomic mass is 19.4. The zero-order valence-corrected chi connectivity index (χ0v) is 10.2. The predicted octanol–water partition coefficient (Wildman–Crippen LogP) is 1.64. The maximum Gasteiger partial charge on any atom is 0.401 e. The summed E-state index contributed by atoms with van der Waals surface area (Å²) in [5.74, 6) is -1.34. The van der Waals surface area contributed by atoms with Crippen LogP contribution in [0.2, 0.25) is 0 Å². The Morgan fingerprint density at radius 2 is 2.11 bits per heavy atom. The average Bonchev–Trinajstić information content (AvgIpc) is 2.58. The van der Waals surface area contributed by atoms with Gasteiger partial charge < -0.3 is 14.6 Å². The zero-order valence-electron chi connectivity index (χ0n) is 10.2. The first-order valence-corrected chi connectivity index (χ1v) is 5.45. The van der Waals surface area contributed by atoms with Crippen LogP contribution in [0.25, 0.3) is 0 Å². The highest BCUT2D eigenvalue weighted by Gasteiger charge is 2.31. The van der Waals surface area contributed by atoms with Gasteiger partial charge in [0.15, 0.2) is 0 Å². The normalized spacial score (nSPS) is 12.1. The molecular formula is C11H14F3NO4. The van der Waals surface area contributed by atoms with Gasteiger partial charge in [-0.05, 0) is 13.0 Å². The molecule has 2 N–H and O–H groups in total. The van der Waals surface area contributed by atoms with E-state index in [4.69, 9.17) is 14.6 Å². The van der Waals surface area contributed by atoms with Gasteiger partial charge in [-0.3, -0.25) is 4.90 Å². The van der Waals surface area contributed by atoms with Crippen molar-refractivity contribution in [2.24, 2.45) is 0 Å². The van der Waals surface area contributed by atoms with Gasteiger partial charge in [0.25, 0.3) is 0 Å². The molecule has 0 atom stereocenters. The fourth-order valence-electron chi connectivity index (χ4n) is 1.63. The summed E-state index contributed by atoms with van der Waals surface area (Å²) in [6, 6.07) is 1.19. The van der Waals surface area contributed by atoms with Crippen LogP contribution < -0.4 is 0 Å². The summed E-state index contributed by atoms with van der Waals surface area (Å²) < 4.78 is 41.9. The van der Waals surface area contributed by atoms with Crippen LogP contribution in [0.15, 0.2) is 10.5 Å². The molecule has 19 heavy (non-hydrogen) atoms. The Morgan fingerprint density at radius 1 is 1.47 bits per heavy atom. The molecule has 0 aliphatic rings. The number of carboxylic acids is 1. The van der Waals surface area contributed by atoms with Crippen molar-refractivity contribution in [1.82, 2.24) is 4.90 Å². The van der Waals surface area contributed by atoms with Gasteiger partial charge in [0.05, 0.1) is 13.2 Å². The molecule has 1 aromatic heterocycles. The number of nitrogens with zero attached hydrogens (tertiary/aromatic N) is 1. The smallest absolute Gasteiger partial charge is 0.401 e. The summed E-state index contributed by atoms with van der Waals surface area (Å²) in [4.78, 5) is 11.7. The van der Waals surface area contributed by atoms with Crippen LogP contribution in [0.1, 0.15) is 21.9 Å². The monoisotopic (exact) mass is 281 g/mol. The Bertz CT molecular complexity index is 442. The standard InChI is InChI=1S/C11H14F3NO4/c1-7-8(4-9(19-7)10(17)18)5-15(2-3-16)6-11(12,13)14/h4,16H,2-3,5-6H2,1H3,(H,17,18). The number of rotatable bonds is 6. The molecule has 0 fully saturated rings. The van der Waals surface area contributed by atoms with E-state index in [1.165, 1.54) is 13.0 Å². The van der Waals surface area contributed by atoms with Gasteiger partial charge in [-0.25, -0.2) is 4.79 Å². The Labute approximate surface area is 107 Å². The third-order valence-corrected chi connectivity index (χ3v) is 2.44. The molecule has 1 rings (SSSR count). The molecule has 0 spiro atoms. The van der Waals surface area contributed by atoms with Crippen molar-refractivity contribution in [2.45, 2.75) is 19.6 Å². The van der Waals surface area contributed by atoms with Gasteiger partial charge in [-0.1, -0.05) is 0 Å². The Hall–Kier alpha value is -1.54. The molecule has 108 valence electrons. The molecule has 5 nitrogen and oxygen atoms in total. The van der Waals surface area contributed by atoms with Gasteiger partial charge in [0.2, 0.25) is 5.76 Å². The van der Waals surface area contributed by atoms with Gasteiger partial charge in [-0.15, -0.1) is 0 Å². The fourth-order valence-corrected chi connectivity index (χ4v) is 1.63. The third-order valence-electron chi connectivity index (χ3n) is 2.44. The summed E-state index contributed by atoms with van der Waals surface area (Å²) in [7, 11) is 0. The minimum absolute atomic E-state index is 0.136. The van der Waals surface area contributed by atoms with Gasteiger partial charge in [0.1, 0.15) is 5.76 Å². The number of alkyl halides is 3. The Morgan fingerprint density at radius 3 is 2.53 bits per heavy atom. The van der Waals surface area contributed by atoms with Crippen molar-refractivity contribution in [3.05, 3.63) is 23.2 Å². The summed E-state index contributed by atoms with van der Waals surface area (Å²) >= 11 is 0. The molecule has 0 amide bonds. The molecule has 0 aliphatic carbocycles. The lowest BCUT2D eigenvalue weighted by Crippen LogP contribution is -2.35. The van der Waals surface area contributed by atoms with Crippen LogP contribution in [0, 0.1) is 6.92 Å². The van der Waals surface area contributed by atoms with Gasteiger partial charge in [-0.2, -0.15) is 13.2 Å². The first kappa shape index (κ1) is 15.5. The first-order valence-electron chi connectivity index (χ1n) is 5.45. The lowest BCUT2D eigenvalue weighted by atomic mass is 10.2. The molecule has 0 saturated carbocycles. The van der Waals surface area contributed by atoms with Crippen molar-refractivity contribution < 1.29 is 32.6 Å². The van der Waals surface area contributed by atoms with E-state index in [1.807, 2.05) is 0 Å². The third kappa shape index (κ3) is 4.92.